The minimum Gasteiger partial charge on any atom is -0.468 e. The number of halogens is 3. The molecule has 36 heavy (non-hydrogen) atoms. The highest BCUT2D eigenvalue weighted by atomic mass is 19.4. The van der Waals surface area contributed by atoms with Crippen molar-refractivity contribution in [2.45, 2.75) is 51.0 Å². The minimum atomic E-state index is -4.46. The van der Waals surface area contributed by atoms with Crippen molar-refractivity contribution in [2.75, 3.05) is 19.7 Å². The number of carbonyl (C=O) groups is 2. The number of fused-ring (bicyclic) bond motifs is 1. The minimum absolute atomic E-state index is 0.0749. The van der Waals surface area contributed by atoms with E-state index in [0.29, 0.717) is 29.8 Å². The molecule has 2 aromatic rings. The number of nitrogens with one attached hydrogen (secondary N) is 1. The highest BCUT2D eigenvalue weighted by Crippen LogP contribution is 2.43. The van der Waals surface area contributed by atoms with Crippen LogP contribution >= 0.6 is 0 Å². The average molecular weight is 508 g/mol. The summed E-state index contributed by atoms with van der Waals surface area (Å²) in [4.78, 5) is 32.5. The molecular weight excluding hydrogens is 481 g/mol. The Labute approximate surface area is 205 Å². The van der Waals surface area contributed by atoms with Gasteiger partial charge in [0.05, 0.1) is 6.10 Å². The zero-order chi connectivity index (χ0) is 26.0. The van der Waals surface area contributed by atoms with Crippen LogP contribution in [0.1, 0.15) is 42.8 Å². The molecule has 9 nitrogen and oxygen atoms in total. The predicted molar refractivity (Wildman–Crippen MR) is 121 cm³/mol. The second-order valence-corrected chi connectivity index (χ2v) is 8.97. The van der Waals surface area contributed by atoms with Gasteiger partial charge >= 0.3 is 12.3 Å². The van der Waals surface area contributed by atoms with Crippen molar-refractivity contribution in [2.24, 2.45) is 0 Å². The van der Waals surface area contributed by atoms with Gasteiger partial charge in [0.2, 0.25) is 11.8 Å². The molecular formula is C24H27F3N4O5. The number of benzene rings is 1. The second-order valence-electron chi connectivity index (χ2n) is 8.97. The molecule has 2 aliphatic rings. The van der Waals surface area contributed by atoms with Crippen LogP contribution in [0, 0.1) is 0 Å². The molecule has 1 fully saturated rings. The van der Waals surface area contributed by atoms with Gasteiger partial charge in [-0.25, -0.2) is 9.78 Å². The molecule has 12 heteroatoms. The molecule has 0 saturated carbocycles. The highest BCUT2D eigenvalue weighted by Gasteiger charge is 2.49. The number of aromatic nitrogens is 1. The van der Waals surface area contributed by atoms with Gasteiger partial charge in [-0.3, -0.25) is 9.69 Å². The Hall–Kier alpha value is -3.38. The molecule has 194 valence electrons. The molecule has 0 bridgehead atoms. The standard InChI is InChI=1S/C24H27F3N4O5/c1-14(2)36-23(34)30-11-16(12-30)31-20(17-5-3-4-6-18(17)22(31)33)21(32)29-10-15-7-8-19(28-9-15)35-13-24(25,26)27/h3-9,14,16,20,22,33H,10-13H2,1-2H3,(H,29,32). The van der Waals surface area contributed by atoms with Crippen molar-refractivity contribution >= 4 is 12.0 Å². The molecule has 2 atom stereocenters. The molecule has 1 aromatic carbocycles. The lowest BCUT2D eigenvalue weighted by atomic mass is 10.0. The number of nitrogens with zero attached hydrogens (tertiary/aromatic N) is 3. The molecule has 2 unspecified atom stereocenters. The maximum atomic E-state index is 13.3. The fourth-order valence-electron chi connectivity index (χ4n) is 4.26. The van der Waals surface area contributed by atoms with E-state index in [0.717, 1.165) is 0 Å². The number of amides is 2. The summed E-state index contributed by atoms with van der Waals surface area (Å²) in [6.45, 7) is 2.77. The molecule has 0 spiro atoms. The van der Waals surface area contributed by atoms with Crippen molar-refractivity contribution in [1.29, 1.82) is 0 Å². The number of pyridine rings is 1. The van der Waals surface area contributed by atoms with E-state index in [-0.39, 0.29) is 30.5 Å². The van der Waals surface area contributed by atoms with Crippen LogP contribution in [0.4, 0.5) is 18.0 Å². The molecule has 0 radical (unpaired) electrons. The van der Waals surface area contributed by atoms with Gasteiger partial charge in [0.1, 0.15) is 12.3 Å². The summed E-state index contributed by atoms with van der Waals surface area (Å²) in [5.74, 6) is -0.536. The molecule has 2 N–H and O–H groups in total. The van der Waals surface area contributed by atoms with Gasteiger partial charge in [0, 0.05) is 43.5 Å². The molecule has 3 heterocycles. The van der Waals surface area contributed by atoms with Crippen LogP contribution in [0.5, 0.6) is 5.88 Å². The smallest absolute Gasteiger partial charge is 0.422 e. The van der Waals surface area contributed by atoms with Gasteiger partial charge in [-0.15, -0.1) is 0 Å². The van der Waals surface area contributed by atoms with E-state index in [1.807, 2.05) is 0 Å². The zero-order valence-electron chi connectivity index (χ0n) is 19.7. The molecule has 2 aliphatic heterocycles. The van der Waals surface area contributed by atoms with E-state index < -0.39 is 31.1 Å². The van der Waals surface area contributed by atoms with Crippen LogP contribution in [0.2, 0.25) is 0 Å². The summed E-state index contributed by atoms with van der Waals surface area (Å²) < 4.78 is 46.7. The van der Waals surface area contributed by atoms with E-state index in [4.69, 9.17) is 4.74 Å². The van der Waals surface area contributed by atoms with Gasteiger partial charge in [-0.1, -0.05) is 30.3 Å². The first-order chi connectivity index (χ1) is 17.0. The summed E-state index contributed by atoms with van der Waals surface area (Å²) in [5.41, 5.74) is 1.85. The van der Waals surface area contributed by atoms with Gasteiger partial charge < -0.3 is 24.8 Å². The van der Waals surface area contributed by atoms with E-state index in [9.17, 15) is 27.9 Å². The molecule has 1 aromatic heterocycles. The summed E-state index contributed by atoms with van der Waals surface area (Å²) in [5, 5.41) is 13.8. The van der Waals surface area contributed by atoms with Gasteiger partial charge in [0.15, 0.2) is 6.61 Å². The number of carbonyl (C=O) groups excluding carboxylic acids is 2. The quantitative estimate of drug-likeness (QED) is 0.593. The lowest BCUT2D eigenvalue weighted by Gasteiger charge is -2.46. The molecule has 2 amide bonds. The van der Waals surface area contributed by atoms with Crippen LogP contribution < -0.4 is 10.1 Å². The summed E-state index contributed by atoms with van der Waals surface area (Å²) in [6.07, 6.45) is -4.85. The molecule has 4 rings (SSSR count). The number of hydrogen-bond acceptors (Lipinski definition) is 7. The van der Waals surface area contributed by atoms with Gasteiger partial charge in [0.25, 0.3) is 0 Å². The van der Waals surface area contributed by atoms with Crippen molar-refractivity contribution in [3.63, 3.8) is 0 Å². The largest absolute Gasteiger partial charge is 0.468 e. The molecule has 1 saturated heterocycles. The first-order valence-corrected chi connectivity index (χ1v) is 11.5. The summed E-state index contributed by atoms with van der Waals surface area (Å²) in [6, 6.07) is 8.87. The number of aliphatic hydroxyl groups is 1. The number of hydrogen-bond donors (Lipinski definition) is 2. The topological polar surface area (TPSA) is 104 Å². The monoisotopic (exact) mass is 508 g/mol. The van der Waals surface area contributed by atoms with Gasteiger partial charge in [-0.2, -0.15) is 13.2 Å². The highest BCUT2D eigenvalue weighted by molar-refractivity contribution is 5.84. The van der Waals surface area contributed by atoms with Crippen molar-refractivity contribution in [3.05, 3.63) is 59.3 Å². The predicted octanol–water partition coefficient (Wildman–Crippen LogP) is 2.92. The van der Waals surface area contributed by atoms with Crippen LogP contribution in [0.25, 0.3) is 0 Å². The zero-order valence-corrected chi connectivity index (χ0v) is 19.7. The fraction of sp³-hybridized carbons (Fsp3) is 0.458. The maximum Gasteiger partial charge on any atom is 0.422 e. The van der Waals surface area contributed by atoms with Crippen molar-refractivity contribution in [1.82, 2.24) is 20.1 Å². The van der Waals surface area contributed by atoms with E-state index in [1.165, 1.54) is 23.2 Å². The van der Waals surface area contributed by atoms with Crippen LogP contribution in [0.15, 0.2) is 42.6 Å². The van der Waals surface area contributed by atoms with E-state index in [2.05, 4.69) is 15.0 Å². The Bertz CT molecular complexity index is 1090. The first kappa shape index (κ1) is 25.7. The Morgan fingerprint density at radius 1 is 1.17 bits per heavy atom. The maximum absolute atomic E-state index is 13.3. The third-order valence-corrected chi connectivity index (χ3v) is 5.92. The van der Waals surface area contributed by atoms with Crippen molar-refractivity contribution in [3.8, 4) is 5.88 Å². The third kappa shape index (κ3) is 5.71. The van der Waals surface area contributed by atoms with Crippen LogP contribution in [-0.4, -0.2) is 69.9 Å². The Kier molecular flexibility index (Phi) is 7.36. The number of likely N-dealkylation sites (tertiary alicyclic amines) is 1. The first-order valence-electron chi connectivity index (χ1n) is 11.5. The SMILES string of the molecule is CC(C)OC(=O)N1CC(N2C(O)c3ccccc3C2C(=O)NCc2ccc(OCC(F)(F)F)nc2)C1. The number of rotatable bonds is 7. The van der Waals surface area contributed by atoms with Crippen LogP contribution in [0.3, 0.4) is 0 Å². The summed E-state index contributed by atoms with van der Waals surface area (Å²) >= 11 is 0. The normalized spacial score (nSPS) is 20.1. The summed E-state index contributed by atoms with van der Waals surface area (Å²) in [7, 11) is 0. The lowest BCUT2D eigenvalue weighted by molar-refractivity contribution is -0.154. The number of aliphatic hydroxyl groups excluding tert-OH is 1. The Morgan fingerprint density at radius 3 is 2.47 bits per heavy atom. The molecule has 0 aliphatic carbocycles. The van der Waals surface area contributed by atoms with Crippen molar-refractivity contribution < 1.29 is 37.3 Å². The number of ether oxygens (including phenoxy) is 2. The third-order valence-electron chi connectivity index (χ3n) is 5.92. The average Bonchev–Trinajstić information content (AvgIpc) is 3.07. The lowest BCUT2D eigenvalue weighted by Crippen LogP contribution is -2.62. The second kappa shape index (κ2) is 10.3. The Morgan fingerprint density at radius 2 is 1.86 bits per heavy atom. The van der Waals surface area contributed by atoms with E-state index in [1.54, 1.807) is 43.0 Å². The Balaban J connectivity index is 1.41. The van der Waals surface area contributed by atoms with Crippen LogP contribution in [-0.2, 0) is 16.1 Å². The fourth-order valence-corrected chi connectivity index (χ4v) is 4.26. The number of alkyl halides is 3. The van der Waals surface area contributed by atoms with E-state index >= 15 is 0 Å². The van der Waals surface area contributed by atoms with Gasteiger partial charge in [-0.05, 0) is 25.0 Å².